The van der Waals surface area contributed by atoms with Crippen molar-refractivity contribution in [2.24, 2.45) is 22.9 Å². The summed E-state index contributed by atoms with van der Waals surface area (Å²) in [6.45, 7) is 1.36. The van der Waals surface area contributed by atoms with E-state index < -0.39 is 91.7 Å². The largest absolute Gasteiger partial charge is 0.389 e. The van der Waals surface area contributed by atoms with Crippen molar-refractivity contribution >= 4 is 49.6 Å². The second-order valence-corrected chi connectivity index (χ2v) is 8.77. The lowest BCUT2D eigenvalue weighted by Crippen LogP contribution is -2.69. The van der Waals surface area contributed by atoms with Crippen LogP contribution in [0.4, 0.5) is 0 Å². The lowest BCUT2D eigenvalue weighted by Gasteiger charge is -2.48. The van der Waals surface area contributed by atoms with E-state index in [9.17, 15) is 30.6 Å². The van der Waals surface area contributed by atoms with Gasteiger partial charge >= 0.3 is 0 Å². The molecule has 0 aromatic heterocycles. The van der Waals surface area contributed by atoms with Gasteiger partial charge in [-0.15, -0.1) is 49.6 Å². The van der Waals surface area contributed by atoms with Crippen LogP contribution in [0.15, 0.2) is 0 Å². The Labute approximate surface area is 233 Å². The van der Waals surface area contributed by atoms with Gasteiger partial charge in [-0.1, -0.05) is 0 Å². The van der Waals surface area contributed by atoms with E-state index in [1.807, 2.05) is 0 Å². The minimum Gasteiger partial charge on any atom is -0.389 e. The van der Waals surface area contributed by atoms with Crippen LogP contribution >= 0.6 is 49.6 Å². The third-order valence-corrected chi connectivity index (χ3v) is 6.44. The number of ether oxygens (including phenoxy) is 4. The van der Waals surface area contributed by atoms with E-state index in [2.05, 4.69) is 0 Å². The highest BCUT2D eigenvalue weighted by Gasteiger charge is 2.51. The molecule has 15 atom stereocenters. The van der Waals surface area contributed by atoms with Crippen molar-refractivity contribution in [3.8, 4) is 0 Å². The second kappa shape index (κ2) is 16.0. The fraction of sp³-hybridized carbons (Fsp3) is 1.00. The van der Waals surface area contributed by atoms with E-state index in [0.29, 0.717) is 0 Å². The van der Waals surface area contributed by atoms with Crippen molar-refractivity contribution in [3.05, 3.63) is 0 Å². The van der Waals surface area contributed by atoms with E-state index in [0.717, 1.165) is 0 Å². The molecule has 0 amide bonds. The number of rotatable bonds is 5. The smallest absolute Gasteiger partial charge is 0.187 e. The molecule has 2 heterocycles. The maximum Gasteiger partial charge on any atom is 0.187 e. The Morgan fingerprint density at radius 1 is 0.667 bits per heavy atom. The topological polar surface area (TPSA) is 262 Å². The summed E-state index contributed by atoms with van der Waals surface area (Å²) in [5.74, 6) is 0. The monoisotopic (exact) mass is 612 g/mol. The van der Waals surface area contributed by atoms with Crippen molar-refractivity contribution in [2.45, 2.75) is 105 Å². The van der Waals surface area contributed by atoms with Crippen molar-refractivity contribution in [1.82, 2.24) is 0 Å². The summed E-state index contributed by atoms with van der Waals surface area (Å²) in [6, 6.07) is -2.74. The first kappa shape index (κ1) is 38.7. The van der Waals surface area contributed by atoms with E-state index in [-0.39, 0.29) is 62.6 Å². The summed E-state index contributed by atoms with van der Waals surface area (Å²) in [5, 5.41) is 61.2. The third kappa shape index (κ3) is 7.84. The molecule has 14 nitrogen and oxygen atoms in total. The van der Waals surface area contributed by atoms with Gasteiger partial charge in [0.05, 0.1) is 18.2 Å². The van der Waals surface area contributed by atoms with Crippen LogP contribution < -0.4 is 22.9 Å². The van der Waals surface area contributed by atoms with Crippen LogP contribution in [-0.4, -0.2) is 129 Å². The van der Waals surface area contributed by atoms with Gasteiger partial charge < -0.3 is 72.5 Å². The Bertz CT molecular complexity index is 638. The van der Waals surface area contributed by atoms with Crippen molar-refractivity contribution in [3.63, 3.8) is 0 Å². The summed E-state index contributed by atoms with van der Waals surface area (Å²) in [7, 11) is 0. The number of aliphatic hydroxyl groups excluding tert-OH is 6. The Morgan fingerprint density at radius 3 is 1.78 bits per heavy atom. The van der Waals surface area contributed by atoms with Gasteiger partial charge in [-0.05, 0) is 13.3 Å². The molecule has 14 N–H and O–H groups in total. The number of nitrogens with two attached hydrogens (primary N) is 4. The summed E-state index contributed by atoms with van der Waals surface area (Å²) in [4.78, 5) is 0. The van der Waals surface area contributed by atoms with E-state index >= 15 is 0 Å². The van der Waals surface area contributed by atoms with Crippen LogP contribution in [0.3, 0.4) is 0 Å². The first-order valence-electron chi connectivity index (χ1n) is 10.6. The first-order chi connectivity index (χ1) is 15.0. The number of aliphatic hydroxyl groups is 6. The fourth-order valence-electron chi connectivity index (χ4n) is 4.31. The Hall–Kier alpha value is 0.600. The Balaban J connectivity index is 0. The molecule has 1 saturated carbocycles. The molecule has 2 saturated heterocycles. The lowest BCUT2D eigenvalue weighted by atomic mass is 9.84. The molecule has 0 unspecified atom stereocenters. The van der Waals surface area contributed by atoms with Gasteiger partial charge in [0.1, 0.15) is 48.8 Å². The first-order valence-corrected chi connectivity index (χ1v) is 10.6. The summed E-state index contributed by atoms with van der Waals surface area (Å²) < 4.78 is 22.7. The molecule has 1 aliphatic carbocycles. The van der Waals surface area contributed by atoms with Crippen LogP contribution in [0, 0.1) is 0 Å². The van der Waals surface area contributed by atoms with Crippen molar-refractivity contribution in [1.29, 1.82) is 0 Å². The van der Waals surface area contributed by atoms with E-state index in [1.54, 1.807) is 0 Å². The predicted molar refractivity (Wildman–Crippen MR) is 135 cm³/mol. The minimum atomic E-state index is -1.63. The molecular weight excluding hydrogens is 574 g/mol. The summed E-state index contributed by atoms with van der Waals surface area (Å²) in [5.41, 5.74) is 23.7. The van der Waals surface area contributed by atoms with Crippen LogP contribution in [0.2, 0.25) is 0 Å². The maximum atomic E-state index is 10.7. The fourth-order valence-corrected chi connectivity index (χ4v) is 4.31. The minimum absolute atomic E-state index is 0. The third-order valence-electron chi connectivity index (χ3n) is 6.44. The van der Waals surface area contributed by atoms with Crippen LogP contribution in [0.25, 0.3) is 0 Å². The van der Waals surface area contributed by atoms with E-state index in [1.165, 1.54) is 6.92 Å². The molecule has 0 aromatic rings. The van der Waals surface area contributed by atoms with Gasteiger partial charge in [0.25, 0.3) is 0 Å². The van der Waals surface area contributed by atoms with Gasteiger partial charge in [0.2, 0.25) is 0 Å². The zero-order valence-electron chi connectivity index (χ0n) is 19.3. The number of halogens is 4. The molecule has 3 aliphatic rings. The molecule has 0 aromatic carbocycles. The molecule has 220 valence electrons. The van der Waals surface area contributed by atoms with Gasteiger partial charge in [0.15, 0.2) is 12.6 Å². The summed E-state index contributed by atoms with van der Waals surface area (Å²) in [6.07, 6.45) is -15.3. The normalized spacial score (nSPS) is 48.9. The molecule has 36 heavy (non-hydrogen) atoms. The van der Waals surface area contributed by atoms with Crippen LogP contribution in [-0.2, 0) is 18.9 Å². The SMILES string of the molecule is C[C@@H]1O[C@@H](O[C@@H]2[C@H](O)[C@H](N)C[C@@H](N)[C@H]2O[C@H]2O[C@@H](CN)[C@@H](O)[C@H](O)[C@@H]2N)[C@@H](O)[C@@H](O)[C@@H]1O.Cl.Cl.Cl.Cl. The van der Waals surface area contributed by atoms with Gasteiger partial charge in [-0.25, -0.2) is 0 Å². The number of hydrogen-bond donors (Lipinski definition) is 10. The van der Waals surface area contributed by atoms with Gasteiger partial charge in [-0.2, -0.15) is 0 Å². The van der Waals surface area contributed by atoms with Crippen LogP contribution in [0.1, 0.15) is 13.3 Å². The van der Waals surface area contributed by atoms with Crippen molar-refractivity contribution < 1.29 is 49.6 Å². The summed E-state index contributed by atoms with van der Waals surface area (Å²) >= 11 is 0. The second-order valence-electron chi connectivity index (χ2n) is 8.77. The highest BCUT2D eigenvalue weighted by atomic mass is 35.5. The quantitative estimate of drug-likeness (QED) is 0.140. The predicted octanol–water partition coefficient (Wildman–Crippen LogP) is -4.58. The molecular formula is C18H40Cl4N4O10. The van der Waals surface area contributed by atoms with Gasteiger partial charge in [-0.3, -0.25) is 0 Å². The highest BCUT2D eigenvalue weighted by Crippen LogP contribution is 2.31. The zero-order valence-corrected chi connectivity index (χ0v) is 22.6. The standard InChI is InChI=1S/C18H36N4O10.4ClH/c1-4-9(23)13(27)14(28)18(29-4)32-16-10(24)5(20)2-6(21)15(16)31-17-8(22)12(26)11(25)7(3-19)30-17;;;;/h4-18,23-28H,2-3,19-22H2,1H3;4*1H/t4-,5+,6+,7-,8-,9+,10+,11+,12+,13-,14-,15+,16+,17+,18-;;;;/m0..../s1. The molecule has 0 bridgehead atoms. The zero-order chi connectivity index (χ0) is 23.9. The molecule has 0 radical (unpaired) electrons. The Morgan fingerprint density at radius 2 is 1.22 bits per heavy atom. The number of hydrogen-bond acceptors (Lipinski definition) is 14. The molecule has 2 aliphatic heterocycles. The van der Waals surface area contributed by atoms with Crippen molar-refractivity contribution in [2.75, 3.05) is 6.54 Å². The molecule has 3 fully saturated rings. The lowest BCUT2D eigenvalue weighted by molar-refractivity contribution is -0.338. The van der Waals surface area contributed by atoms with E-state index in [4.69, 9.17) is 41.9 Å². The molecule has 0 spiro atoms. The average molecular weight is 614 g/mol. The highest BCUT2D eigenvalue weighted by molar-refractivity contribution is 5.86. The maximum absolute atomic E-state index is 10.7. The average Bonchev–Trinajstić information content (AvgIpc) is 2.76. The molecule has 18 heteroatoms. The van der Waals surface area contributed by atoms with Gasteiger partial charge in [0, 0.05) is 18.6 Å². The molecule has 3 rings (SSSR count). The van der Waals surface area contributed by atoms with Crippen LogP contribution in [0.5, 0.6) is 0 Å². The Kier molecular flexibility index (Phi) is 17.2.